The molecule has 0 saturated heterocycles. The number of aromatic nitrogens is 2. The molecule has 1 aromatic carbocycles. The molecule has 28 heavy (non-hydrogen) atoms. The van der Waals surface area contributed by atoms with Crippen molar-refractivity contribution < 1.29 is 18.9 Å². The Balaban J connectivity index is 1.55. The zero-order valence-electron chi connectivity index (χ0n) is 14.5. The van der Waals surface area contributed by atoms with E-state index < -0.39 is 16.7 Å². The highest BCUT2D eigenvalue weighted by atomic mass is 16.6. The van der Waals surface area contributed by atoms with E-state index in [0.29, 0.717) is 0 Å². The van der Waals surface area contributed by atoms with Crippen molar-refractivity contribution >= 4 is 17.5 Å². The van der Waals surface area contributed by atoms with Crippen LogP contribution in [-0.4, -0.2) is 39.8 Å². The van der Waals surface area contributed by atoms with Crippen molar-refractivity contribution in [1.29, 1.82) is 0 Å². The van der Waals surface area contributed by atoms with Crippen LogP contribution in [0.4, 0.5) is 5.69 Å². The average Bonchev–Trinajstić information content (AvgIpc) is 3.21. The second-order valence-electron chi connectivity index (χ2n) is 5.54. The first-order chi connectivity index (χ1) is 13.6. The molecule has 10 heteroatoms. The molecule has 0 atom stereocenters. The van der Waals surface area contributed by atoms with Crippen molar-refractivity contribution in [3.05, 3.63) is 76.6 Å². The standard InChI is InChI=1S/C18H15N5O5/c24-17(13-11-19-7-8-20-13)21-9-10-22-18(25)16-6-5-15(28-16)12-3-1-2-4-14(12)23(26)27/h1-8,11H,9-10H2,(H,21,24)(H,22,25). The number of rotatable bonds is 7. The van der Waals surface area contributed by atoms with Gasteiger partial charge in [0.1, 0.15) is 11.5 Å². The van der Waals surface area contributed by atoms with Crippen molar-refractivity contribution in [2.24, 2.45) is 0 Å². The predicted molar refractivity (Wildman–Crippen MR) is 97.5 cm³/mol. The van der Waals surface area contributed by atoms with Gasteiger partial charge in [0.2, 0.25) is 0 Å². The second kappa shape index (κ2) is 8.54. The Labute approximate surface area is 158 Å². The summed E-state index contributed by atoms with van der Waals surface area (Å²) in [7, 11) is 0. The molecule has 0 radical (unpaired) electrons. The Morgan fingerprint density at radius 2 is 1.79 bits per heavy atom. The molecule has 3 rings (SSSR count). The molecule has 0 saturated carbocycles. The van der Waals surface area contributed by atoms with Crippen LogP contribution in [0, 0.1) is 10.1 Å². The Morgan fingerprint density at radius 1 is 1.04 bits per heavy atom. The first kappa shape index (κ1) is 18.7. The lowest BCUT2D eigenvalue weighted by molar-refractivity contribution is -0.384. The van der Waals surface area contributed by atoms with E-state index in [4.69, 9.17) is 4.42 Å². The first-order valence-corrected chi connectivity index (χ1v) is 8.22. The quantitative estimate of drug-likeness (QED) is 0.361. The summed E-state index contributed by atoms with van der Waals surface area (Å²) in [6.07, 6.45) is 4.20. The van der Waals surface area contributed by atoms with E-state index in [9.17, 15) is 19.7 Å². The third kappa shape index (κ3) is 4.36. The Hall–Kier alpha value is -4.08. The summed E-state index contributed by atoms with van der Waals surface area (Å²) in [5, 5.41) is 16.3. The third-order valence-corrected chi connectivity index (χ3v) is 3.69. The Morgan fingerprint density at radius 3 is 2.50 bits per heavy atom. The van der Waals surface area contributed by atoms with Gasteiger partial charge in [0.25, 0.3) is 17.5 Å². The molecular weight excluding hydrogens is 366 g/mol. The average molecular weight is 381 g/mol. The van der Waals surface area contributed by atoms with Gasteiger partial charge in [-0.15, -0.1) is 0 Å². The Kier molecular flexibility index (Phi) is 5.70. The molecule has 2 amide bonds. The van der Waals surface area contributed by atoms with Gasteiger partial charge < -0.3 is 15.1 Å². The number of nitrogens with zero attached hydrogens (tertiary/aromatic N) is 3. The van der Waals surface area contributed by atoms with Crippen molar-refractivity contribution in [1.82, 2.24) is 20.6 Å². The molecular formula is C18H15N5O5. The maximum absolute atomic E-state index is 12.1. The summed E-state index contributed by atoms with van der Waals surface area (Å²) >= 11 is 0. The number of furan rings is 1. The molecule has 0 fully saturated rings. The van der Waals surface area contributed by atoms with Crippen molar-refractivity contribution in [3.8, 4) is 11.3 Å². The zero-order valence-corrected chi connectivity index (χ0v) is 14.5. The maximum atomic E-state index is 12.1. The van der Waals surface area contributed by atoms with E-state index in [0.717, 1.165) is 0 Å². The van der Waals surface area contributed by atoms with E-state index in [1.165, 1.54) is 36.8 Å². The van der Waals surface area contributed by atoms with Crippen LogP contribution in [0.5, 0.6) is 0 Å². The SMILES string of the molecule is O=C(NCCNC(=O)c1ccc(-c2ccccc2[N+](=O)[O-])o1)c1cnccn1. The van der Waals surface area contributed by atoms with Gasteiger partial charge in [-0.1, -0.05) is 12.1 Å². The summed E-state index contributed by atoms with van der Waals surface area (Å²) < 4.78 is 5.45. The van der Waals surface area contributed by atoms with E-state index in [-0.39, 0.29) is 41.6 Å². The molecule has 0 unspecified atom stereocenters. The van der Waals surface area contributed by atoms with Gasteiger partial charge in [0.05, 0.1) is 16.7 Å². The fraction of sp³-hybridized carbons (Fsp3) is 0.111. The lowest BCUT2D eigenvalue weighted by Crippen LogP contribution is -2.34. The number of nitro groups is 1. The monoisotopic (exact) mass is 381 g/mol. The number of hydrogen-bond donors (Lipinski definition) is 2. The highest BCUT2D eigenvalue weighted by Gasteiger charge is 2.19. The second-order valence-corrected chi connectivity index (χ2v) is 5.54. The van der Waals surface area contributed by atoms with Gasteiger partial charge >= 0.3 is 0 Å². The molecule has 142 valence electrons. The summed E-state index contributed by atoms with van der Waals surface area (Å²) in [6, 6.07) is 9.02. The predicted octanol–water partition coefficient (Wildman–Crippen LogP) is 1.80. The smallest absolute Gasteiger partial charge is 0.287 e. The van der Waals surface area contributed by atoms with E-state index in [1.807, 2.05) is 0 Å². The lowest BCUT2D eigenvalue weighted by Gasteiger charge is -2.05. The number of para-hydroxylation sites is 1. The minimum absolute atomic E-state index is 0.00778. The normalized spacial score (nSPS) is 10.3. The van der Waals surface area contributed by atoms with Gasteiger partial charge in [0.15, 0.2) is 5.76 Å². The number of carbonyl (C=O) groups is 2. The molecule has 2 N–H and O–H groups in total. The van der Waals surface area contributed by atoms with Crippen LogP contribution in [0.3, 0.4) is 0 Å². The molecule has 0 aliphatic carbocycles. The van der Waals surface area contributed by atoms with Crippen LogP contribution < -0.4 is 10.6 Å². The minimum atomic E-state index is -0.516. The first-order valence-electron chi connectivity index (χ1n) is 8.22. The maximum Gasteiger partial charge on any atom is 0.287 e. The summed E-state index contributed by atoms with van der Waals surface area (Å²) in [4.78, 5) is 42.2. The minimum Gasteiger partial charge on any atom is -0.451 e. The van der Waals surface area contributed by atoms with Gasteiger partial charge in [-0.2, -0.15) is 0 Å². The van der Waals surface area contributed by atoms with Crippen LogP contribution in [0.1, 0.15) is 21.0 Å². The molecule has 0 bridgehead atoms. The zero-order chi connectivity index (χ0) is 19.9. The summed E-state index contributed by atoms with van der Waals surface area (Å²) in [5.41, 5.74) is 0.340. The van der Waals surface area contributed by atoms with Gasteiger partial charge in [-0.3, -0.25) is 24.7 Å². The molecule has 0 spiro atoms. The number of nitro benzene ring substituents is 1. The molecule has 2 heterocycles. The summed E-state index contributed by atoms with van der Waals surface area (Å²) in [6.45, 7) is 0.339. The van der Waals surface area contributed by atoms with Crippen LogP contribution in [0.15, 0.2) is 59.4 Å². The molecule has 2 aromatic heterocycles. The highest BCUT2D eigenvalue weighted by molar-refractivity contribution is 5.93. The fourth-order valence-corrected chi connectivity index (χ4v) is 2.39. The molecule has 10 nitrogen and oxygen atoms in total. The lowest BCUT2D eigenvalue weighted by atomic mass is 10.1. The van der Waals surface area contributed by atoms with Crippen LogP contribution in [-0.2, 0) is 0 Å². The number of amides is 2. The fourth-order valence-electron chi connectivity index (χ4n) is 2.39. The van der Waals surface area contributed by atoms with Gasteiger partial charge in [0, 0.05) is 31.5 Å². The van der Waals surface area contributed by atoms with Gasteiger partial charge in [-0.05, 0) is 18.2 Å². The summed E-state index contributed by atoms with van der Waals surface area (Å²) in [5.74, 6) is -0.681. The van der Waals surface area contributed by atoms with E-state index >= 15 is 0 Å². The number of nitrogens with one attached hydrogen (secondary N) is 2. The van der Waals surface area contributed by atoms with Crippen LogP contribution in [0.25, 0.3) is 11.3 Å². The van der Waals surface area contributed by atoms with E-state index in [2.05, 4.69) is 20.6 Å². The van der Waals surface area contributed by atoms with Crippen molar-refractivity contribution in [3.63, 3.8) is 0 Å². The number of benzene rings is 1. The van der Waals surface area contributed by atoms with Crippen molar-refractivity contribution in [2.75, 3.05) is 13.1 Å². The van der Waals surface area contributed by atoms with Gasteiger partial charge in [-0.25, -0.2) is 4.98 Å². The largest absolute Gasteiger partial charge is 0.451 e. The number of carbonyl (C=O) groups excluding carboxylic acids is 2. The highest BCUT2D eigenvalue weighted by Crippen LogP contribution is 2.30. The topological polar surface area (TPSA) is 140 Å². The van der Waals surface area contributed by atoms with Crippen molar-refractivity contribution in [2.45, 2.75) is 0 Å². The molecule has 0 aliphatic heterocycles. The van der Waals surface area contributed by atoms with Crippen LogP contribution >= 0.6 is 0 Å². The van der Waals surface area contributed by atoms with Crippen LogP contribution in [0.2, 0.25) is 0 Å². The number of hydrogen-bond acceptors (Lipinski definition) is 7. The molecule has 3 aromatic rings. The molecule has 0 aliphatic rings. The van der Waals surface area contributed by atoms with E-state index in [1.54, 1.807) is 18.2 Å². The Bertz CT molecular complexity index is 1000. The third-order valence-electron chi connectivity index (χ3n) is 3.69.